The fourth-order valence-electron chi connectivity index (χ4n) is 3.51. The molecule has 5 nitrogen and oxygen atoms in total. The standard InChI is InChI=1S/C24H22N2O3S/c1-25-20(23(27)26(2)24(25)30)13-16-11-12-21(22(14-16)28-3)29-15-18-9-6-8-17-7-4-5-10-19(17)18/h4-14H,15H2,1-3H3/b20-13-. The van der Waals surface area contributed by atoms with E-state index in [9.17, 15) is 4.79 Å². The molecule has 1 fully saturated rings. The summed E-state index contributed by atoms with van der Waals surface area (Å²) in [5, 5.41) is 2.83. The SMILES string of the molecule is COc1cc(/C=C2/C(=O)N(C)C(=S)N2C)ccc1OCc1cccc2ccccc12. The van der Waals surface area contributed by atoms with Crippen molar-refractivity contribution in [1.29, 1.82) is 0 Å². The fourth-order valence-corrected chi connectivity index (χ4v) is 3.69. The highest BCUT2D eigenvalue weighted by molar-refractivity contribution is 7.80. The molecule has 1 aliphatic heterocycles. The minimum atomic E-state index is -0.127. The van der Waals surface area contributed by atoms with Crippen LogP contribution in [0.5, 0.6) is 11.5 Å². The maximum atomic E-state index is 12.4. The number of ether oxygens (including phenoxy) is 2. The molecule has 0 spiro atoms. The number of likely N-dealkylation sites (N-methyl/N-ethyl adjacent to an activating group) is 2. The van der Waals surface area contributed by atoms with Gasteiger partial charge in [-0.1, -0.05) is 48.5 Å². The van der Waals surface area contributed by atoms with Gasteiger partial charge in [0.05, 0.1) is 7.11 Å². The first-order chi connectivity index (χ1) is 14.5. The zero-order chi connectivity index (χ0) is 21.3. The highest BCUT2D eigenvalue weighted by Crippen LogP contribution is 2.31. The normalized spacial score (nSPS) is 15.4. The van der Waals surface area contributed by atoms with E-state index < -0.39 is 0 Å². The van der Waals surface area contributed by atoms with Crippen molar-refractivity contribution in [1.82, 2.24) is 9.80 Å². The monoisotopic (exact) mass is 418 g/mol. The van der Waals surface area contributed by atoms with Crippen LogP contribution in [0.15, 0.2) is 66.4 Å². The average molecular weight is 419 g/mol. The summed E-state index contributed by atoms with van der Waals surface area (Å²) in [5.74, 6) is 1.12. The first kappa shape index (κ1) is 19.9. The van der Waals surface area contributed by atoms with Crippen molar-refractivity contribution in [3.8, 4) is 11.5 Å². The van der Waals surface area contributed by atoms with Crippen molar-refractivity contribution < 1.29 is 14.3 Å². The highest BCUT2D eigenvalue weighted by atomic mass is 32.1. The van der Waals surface area contributed by atoms with Crippen LogP contribution in [0.2, 0.25) is 0 Å². The molecule has 0 N–H and O–H groups in total. The van der Waals surface area contributed by atoms with Gasteiger partial charge in [0.2, 0.25) is 0 Å². The number of hydrogen-bond acceptors (Lipinski definition) is 4. The van der Waals surface area contributed by atoms with Crippen LogP contribution >= 0.6 is 12.2 Å². The third kappa shape index (κ3) is 3.62. The van der Waals surface area contributed by atoms with Gasteiger partial charge in [-0.25, -0.2) is 0 Å². The van der Waals surface area contributed by atoms with Gasteiger partial charge >= 0.3 is 0 Å². The van der Waals surface area contributed by atoms with Crippen LogP contribution in [-0.2, 0) is 11.4 Å². The van der Waals surface area contributed by atoms with Crippen molar-refractivity contribution in [3.05, 3.63) is 77.5 Å². The molecule has 0 radical (unpaired) electrons. The van der Waals surface area contributed by atoms with Gasteiger partial charge in [-0.2, -0.15) is 0 Å². The molecule has 0 saturated carbocycles. The third-order valence-corrected chi connectivity index (χ3v) is 5.76. The molecule has 6 heteroatoms. The average Bonchev–Trinajstić information content (AvgIpc) is 2.96. The fraction of sp³-hybridized carbons (Fsp3) is 0.167. The van der Waals surface area contributed by atoms with Crippen LogP contribution in [0.3, 0.4) is 0 Å². The van der Waals surface area contributed by atoms with Crippen molar-refractivity contribution in [2.75, 3.05) is 21.2 Å². The second kappa shape index (κ2) is 8.16. The van der Waals surface area contributed by atoms with E-state index in [1.807, 2.05) is 36.4 Å². The Balaban J connectivity index is 1.58. The van der Waals surface area contributed by atoms with Crippen molar-refractivity contribution in [2.45, 2.75) is 6.61 Å². The molecule has 1 heterocycles. The Morgan fingerprint density at radius 2 is 1.73 bits per heavy atom. The molecule has 1 amide bonds. The lowest BCUT2D eigenvalue weighted by Gasteiger charge is -2.13. The smallest absolute Gasteiger partial charge is 0.276 e. The van der Waals surface area contributed by atoms with E-state index in [4.69, 9.17) is 21.7 Å². The van der Waals surface area contributed by atoms with E-state index in [-0.39, 0.29) is 5.91 Å². The summed E-state index contributed by atoms with van der Waals surface area (Å²) in [6.07, 6.45) is 1.80. The highest BCUT2D eigenvalue weighted by Gasteiger charge is 2.32. The van der Waals surface area contributed by atoms with Crippen LogP contribution in [0, 0.1) is 0 Å². The van der Waals surface area contributed by atoms with Gasteiger partial charge in [-0.15, -0.1) is 0 Å². The summed E-state index contributed by atoms with van der Waals surface area (Å²) in [7, 11) is 5.06. The minimum absolute atomic E-state index is 0.127. The molecular formula is C24H22N2O3S. The Hall–Kier alpha value is -3.38. The zero-order valence-electron chi connectivity index (χ0n) is 17.1. The number of carbonyl (C=O) groups is 1. The number of rotatable bonds is 5. The number of fused-ring (bicyclic) bond motifs is 1. The Morgan fingerprint density at radius 3 is 2.47 bits per heavy atom. The molecule has 0 unspecified atom stereocenters. The van der Waals surface area contributed by atoms with E-state index in [0.29, 0.717) is 28.9 Å². The zero-order valence-corrected chi connectivity index (χ0v) is 17.9. The van der Waals surface area contributed by atoms with Gasteiger partial charge in [-0.05, 0) is 52.3 Å². The van der Waals surface area contributed by atoms with Gasteiger partial charge < -0.3 is 14.4 Å². The van der Waals surface area contributed by atoms with Gasteiger partial charge in [0.15, 0.2) is 16.6 Å². The lowest BCUT2D eigenvalue weighted by atomic mass is 10.1. The maximum Gasteiger partial charge on any atom is 0.276 e. The van der Waals surface area contributed by atoms with Crippen LogP contribution in [-0.4, -0.2) is 42.0 Å². The first-order valence-electron chi connectivity index (χ1n) is 9.54. The lowest BCUT2D eigenvalue weighted by molar-refractivity contribution is -0.121. The van der Waals surface area contributed by atoms with E-state index in [1.54, 1.807) is 32.2 Å². The summed E-state index contributed by atoms with van der Waals surface area (Å²) >= 11 is 5.26. The van der Waals surface area contributed by atoms with E-state index >= 15 is 0 Å². The Kier molecular flexibility index (Phi) is 5.42. The van der Waals surface area contributed by atoms with Crippen molar-refractivity contribution >= 4 is 40.1 Å². The summed E-state index contributed by atoms with van der Waals surface area (Å²) in [6, 6.07) is 20.0. The predicted molar refractivity (Wildman–Crippen MR) is 122 cm³/mol. The van der Waals surface area contributed by atoms with Gasteiger partial charge in [0.25, 0.3) is 5.91 Å². The molecule has 3 aromatic rings. The molecule has 4 rings (SSSR count). The summed E-state index contributed by atoms with van der Waals surface area (Å²) in [4.78, 5) is 15.6. The van der Waals surface area contributed by atoms with E-state index in [0.717, 1.165) is 11.1 Å². The Labute approximate surface area is 181 Å². The summed E-state index contributed by atoms with van der Waals surface area (Å²) in [6.45, 7) is 0.429. The van der Waals surface area contributed by atoms with Gasteiger partial charge in [-0.3, -0.25) is 9.69 Å². The number of nitrogens with zero attached hydrogens (tertiary/aromatic N) is 2. The number of benzene rings is 3. The number of hydrogen-bond donors (Lipinski definition) is 0. The molecule has 3 aromatic carbocycles. The lowest BCUT2D eigenvalue weighted by Crippen LogP contribution is -2.26. The van der Waals surface area contributed by atoms with E-state index in [2.05, 4.69) is 24.3 Å². The molecule has 0 atom stereocenters. The summed E-state index contributed by atoms with van der Waals surface area (Å²) in [5.41, 5.74) is 2.46. The Bertz CT molecular complexity index is 1170. The number of methoxy groups -OCH3 is 1. The first-order valence-corrected chi connectivity index (χ1v) is 9.95. The maximum absolute atomic E-state index is 12.4. The number of amides is 1. The molecule has 1 aliphatic rings. The number of carbonyl (C=O) groups excluding carboxylic acids is 1. The molecule has 30 heavy (non-hydrogen) atoms. The van der Waals surface area contributed by atoms with Crippen LogP contribution in [0.1, 0.15) is 11.1 Å². The Morgan fingerprint density at radius 1 is 0.967 bits per heavy atom. The van der Waals surface area contributed by atoms with Crippen LogP contribution in [0.25, 0.3) is 16.8 Å². The van der Waals surface area contributed by atoms with Crippen LogP contribution in [0.4, 0.5) is 0 Å². The third-order valence-electron chi connectivity index (χ3n) is 5.21. The molecule has 0 bridgehead atoms. The van der Waals surface area contributed by atoms with Crippen molar-refractivity contribution in [2.24, 2.45) is 0 Å². The molecular weight excluding hydrogens is 396 g/mol. The van der Waals surface area contributed by atoms with Crippen LogP contribution < -0.4 is 9.47 Å². The topological polar surface area (TPSA) is 42.0 Å². The number of thiocarbonyl (C=S) groups is 1. The molecule has 1 saturated heterocycles. The quantitative estimate of drug-likeness (QED) is 0.452. The summed E-state index contributed by atoms with van der Waals surface area (Å²) < 4.78 is 11.6. The van der Waals surface area contributed by atoms with Gasteiger partial charge in [0, 0.05) is 14.1 Å². The largest absolute Gasteiger partial charge is 0.493 e. The predicted octanol–water partition coefficient (Wildman–Crippen LogP) is 4.46. The second-order valence-electron chi connectivity index (χ2n) is 7.07. The molecule has 0 aliphatic carbocycles. The molecule has 152 valence electrons. The van der Waals surface area contributed by atoms with Gasteiger partial charge in [0.1, 0.15) is 12.3 Å². The van der Waals surface area contributed by atoms with E-state index in [1.165, 1.54) is 15.7 Å². The minimum Gasteiger partial charge on any atom is -0.493 e. The van der Waals surface area contributed by atoms with Crippen molar-refractivity contribution in [3.63, 3.8) is 0 Å². The molecule has 0 aromatic heterocycles. The second-order valence-corrected chi connectivity index (χ2v) is 7.44.